The maximum absolute atomic E-state index is 11.1. The summed E-state index contributed by atoms with van der Waals surface area (Å²) in [7, 11) is 0.504. The molecule has 0 amide bonds. The highest BCUT2D eigenvalue weighted by molar-refractivity contribution is 7.66. The van der Waals surface area contributed by atoms with Crippen molar-refractivity contribution < 1.29 is 5.11 Å². The lowest BCUT2D eigenvalue weighted by molar-refractivity contribution is 0.442. The number of hydrogen-bond acceptors (Lipinski definition) is 1. The summed E-state index contributed by atoms with van der Waals surface area (Å²) in [4.78, 5) is 0. The van der Waals surface area contributed by atoms with E-state index in [1.807, 2.05) is 6.92 Å². The highest BCUT2D eigenvalue weighted by Crippen LogP contribution is 2.52. The van der Waals surface area contributed by atoms with Crippen LogP contribution in [0.1, 0.15) is 69.7 Å². The molecule has 1 atom stereocenters. The van der Waals surface area contributed by atoms with E-state index in [2.05, 4.69) is 85.2 Å². The van der Waals surface area contributed by atoms with Crippen molar-refractivity contribution in [2.75, 3.05) is 13.3 Å². The van der Waals surface area contributed by atoms with Gasteiger partial charge in [0, 0.05) is 10.7 Å². The molecule has 0 saturated heterocycles. The Kier molecular flexibility index (Phi) is 7.39. The molecule has 2 aromatic rings. The number of benzene rings is 2. The highest BCUT2D eigenvalue weighted by Gasteiger charge is 2.34. The van der Waals surface area contributed by atoms with E-state index in [4.69, 9.17) is 0 Å². The van der Waals surface area contributed by atoms with Crippen molar-refractivity contribution in [2.45, 2.75) is 71.9 Å². The number of aromatic hydroxyl groups is 1. The second-order valence-electron chi connectivity index (χ2n) is 9.22. The van der Waals surface area contributed by atoms with Crippen LogP contribution in [-0.4, -0.2) is 18.4 Å². The van der Waals surface area contributed by atoms with Crippen molar-refractivity contribution in [1.29, 1.82) is 0 Å². The van der Waals surface area contributed by atoms with E-state index in [1.54, 1.807) is 0 Å². The Labute approximate surface area is 175 Å². The van der Waals surface area contributed by atoms with Gasteiger partial charge in [-0.2, -0.15) is 0 Å². The molecule has 1 unspecified atom stereocenters. The van der Waals surface area contributed by atoms with Crippen LogP contribution in [0.4, 0.5) is 0 Å². The minimum absolute atomic E-state index is 0.0255. The molecular formula is C25H38OP2. The van der Waals surface area contributed by atoms with Gasteiger partial charge in [0.2, 0.25) is 0 Å². The smallest absolute Gasteiger partial charge is 0.122 e. The Morgan fingerprint density at radius 3 is 2.07 bits per heavy atom. The Morgan fingerprint density at radius 2 is 1.57 bits per heavy atom. The summed E-state index contributed by atoms with van der Waals surface area (Å²) in [5.74, 6) is 0.495. The number of hydrogen-bond donors (Lipinski definition) is 1. The van der Waals surface area contributed by atoms with Gasteiger partial charge in [-0.15, -0.1) is 0 Å². The van der Waals surface area contributed by atoms with Crippen LogP contribution in [0.5, 0.6) is 5.75 Å². The van der Waals surface area contributed by atoms with Gasteiger partial charge in [0.25, 0.3) is 0 Å². The van der Waals surface area contributed by atoms with E-state index >= 15 is 0 Å². The standard InChI is InChI=1S/C25H38OP2/c1-10-25(11-2,27-23-17(3)13-12-14-21(23)28(8)9)20-16-19(24(5,6)7)15-18(4)22(20)26/h12-16,26-27H,10-11H2,1-9H3. The molecule has 3 heteroatoms. The fourth-order valence-corrected chi connectivity index (χ4v) is 7.37. The zero-order valence-corrected chi connectivity index (χ0v) is 21.1. The maximum atomic E-state index is 11.1. The predicted octanol–water partition coefficient (Wildman–Crippen LogP) is 6.69. The summed E-state index contributed by atoms with van der Waals surface area (Å²) < 4.78 is 0. The molecule has 0 saturated carbocycles. The highest BCUT2D eigenvalue weighted by atomic mass is 31.1. The quantitative estimate of drug-likeness (QED) is 0.520. The Morgan fingerprint density at radius 1 is 0.964 bits per heavy atom. The summed E-state index contributed by atoms with van der Waals surface area (Å²) in [6.45, 7) is 20.3. The minimum atomic E-state index is -0.159. The molecule has 0 aliphatic carbocycles. The predicted molar refractivity (Wildman–Crippen MR) is 131 cm³/mol. The van der Waals surface area contributed by atoms with Crippen LogP contribution in [0.15, 0.2) is 30.3 Å². The van der Waals surface area contributed by atoms with E-state index in [1.165, 1.54) is 21.7 Å². The molecule has 1 N–H and O–H groups in total. The molecule has 0 aliphatic rings. The van der Waals surface area contributed by atoms with Crippen molar-refractivity contribution in [3.8, 4) is 5.75 Å². The third-order valence-electron chi connectivity index (χ3n) is 5.99. The largest absolute Gasteiger partial charge is 0.507 e. The Bertz CT molecular complexity index is 827. The normalized spacial score (nSPS) is 13.1. The first-order valence-corrected chi connectivity index (χ1v) is 13.6. The fourth-order valence-electron chi connectivity index (χ4n) is 3.88. The molecule has 1 nitrogen and oxygen atoms in total. The molecule has 0 radical (unpaired) electrons. The molecule has 0 bridgehead atoms. The van der Waals surface area contributed by atoms with Crippen molar-refractivity contribution in [3.63, 3.8) is 0 Å². The molecule has 0 aromatic heterocycles. The van der Waals surface area contributed by atoms with Gasteiger partial charge < -0.3 is 5.11 Å². The number of rotatable bonds is 6. The SMILES string of the molecule is CCC(CC)(Pc1c(C)cccc1P(C)C)c1cc(C(C)(C)C)cc(C)c1O. The molecule has 0 fully saturated rings. The third kappa shape index (κ3) is 4.63. The zero-order valence-electron chi connectivity index (χ0n) is 19.2. The van der Waals surface area contributed by atoms with Crippen LogP contribution in [0.3, 0.4) is 0 Å². The molecule has 0 aliphatic heterocycles. The third-order valence-corrected chi connectivity index (χ3v) is 9.90. The molecule has 2 rings (SSSR count). The first-order valence-electron chi connectivity index (χ1n) is 10.4. The van der Waals surface area contributed by atoms with E-state index in [0.717, 1.165) is 24.0 Å². The van der Waals surface area contributed by atoms with E-state index in [9.17, 15) is 5.11 Å². The van der Waals surface area contributed by atoms with Crippen LogP contribution in [-0.2, 0) is 10.6 Å². The summed E-state index contributed by atoms with van der Waals surface area (Å²) >= 11 is 0. The van der Waals surface area contributed by atoms with Gasteiger partial charge >= 0.3 is 0 Å². The van der Waals surface area contributed by atoms with E-state index in [-0.39, 0.29) is 18.5 Å². The first kappa shape index (κ1) is 23.4. The van der Waals surface area contributed by atoms with Crippen LogP contribution in [0, 0.1) is 13.8 Å². The molecular weight excluding hydrogens is 378 g/mol. The van der Waals surface area contributed by atoms with E-state index in [0.29, 0.717) is 14.3 Å². The van der Waals surface area contributed by atoms with E-state index < -0.39 is 0 Å². The fraction of sp³-hybridized carbons (Fsp3) is 0.520. The van der Waals surface area contributed by atoms with Crippen molar-refractivity contribution in [1.82, 2.24) is 0 Å². The average molecular weight is 417 g/mol. The lowest BCUT2D eigenvalue weighted by Crippen LogP contribution is -2.29. The minimum Gasteiger partial charge on any atom is -0.507 e. The molecule has 0 spiro atoms. The summed E-state index contributed by atoms with van der Waals surface area (Å²) in [5, 5.41) is 14.1. The zero-order chi connectivity index (χ0) is 21.3. The lowest BCUT2D eigenvalue weighted by Gasteiger charge is -2.36. The summed E-state index contributed by atoms with van der Waals surface area (Å²) in [6.07, 6.45) is 2.06. The summed E-state index contributed by atoms with van der Waals surface area (Å²) in [6, 6.07) is 11.2. The second kappa shape index (κ2) is 8.85. The van der Waals surface area contributed by atoms with Gasteiger partial charge in [-0.05, 0) is 72.7 Å². The number of aryl methyl sites for hydroxylation is 2. The van der Waals surface area contributed by atoms with Crippen LogP contribution < -0.4 is 10.6 Å². The average Bonchev–Trinajstić information content (AvgIpc) is 2.62. The molecule has 2 aromatic carbocycles. The van der Waals surface area contributed by atoms with Crippen molar-refractivity contribution >= 4 is 27.1 Å². The molecule has 28 heavy (non-hydrogen) atoms. The van der Waals surface area contributed by atoms with Gasteiger partial charge in [0.05, 0.1) is 0 Å². The number of phenolic OH excluding ortho intramolecular Hbond substituents is 1. The van der Waals surface area contributed by atoms with Crippen LogP contribution in [0.2, 0.25) is 0 Å². The topological polar surface area (TPSA) is 20.2 Å². The lowest BCUT2D eigenvalue weighted by atomic mass is 9.81. The van der Waals surface area contributed by atoms with Gasteiger partial charge in [-0.3, -0.25) is 0 Å². The Hall–Kier alpha value is -0.900. The monoisotopic (exact) mass is 416 g/mol. The van der Waals surface area contributed by atoms with Gasteiger partial charge in [-0.25, -0.2) is 0 Å². The Balaban J connectivity index is 2.71. The molecule has 0 heterocycles. The van der Waals surface area contributed by atoms with Crippen LogP contribution in [0.25, 0.3) is 0 Å². The maximum Gasteiger partial charge on any atom is 0.122 e. The van der Waals surface area contributed by atoms with Crippen LogP contribution >= 0.6 is 16.5 Å². The van der Waals surface area contributed by atoms with Gasteiger partial charge in [0.15, 0.2) is 0 Å². The summed E-state index contributed by atoms with van der Waals surface area (Å²) in [5.41, 5.74) is 4.91. The second-order valence-corrected chi connectivity index (χ2v) is 13.2. The first-order chi connectivity index (χ1) is 13.0. The van der Waals surface area contributed by atoms with Crippen molar-refractivity contribution in [2.24, 2.45) is 0 Å². The molecule has 154 valence electrons. The van der Waals surface area contributed by atoms with Gasteiger partial charge in [0.1, 0.15) is 5.75 Å². The van der Waals surface area contributed by atoms with Crippen molar-refractivity contribution in [3.05, 3.63) is 52.6 Å². The van der Waals surface area contributed by atoms with Gasteiger partial charge in [-0.1, -0.05) is 81.5 Å². The number of phenols is 1.